The van der Waals surface area contributed by atoms with Crippen molar-refractivity contribution in [3.05, 3.63) is 23.8 Å². The lowest BCUT2D eigenvalue weighted by molar-refractivity contribution is 0.354. The van der Waals surface area contributed by atoms with Gasteiger partial charge >= 0.3 is 0 Å². The first-order valence-corrected chi connectivity index (χ1v) is 5.04. The molecule has 1 fully saturated rings. The van der Waals surface area contributed by atoms with E-state index in [4.69, 9.17) is 9.47 Å². The molecular weight excluding hydrogens is 176 g/mol. The first-order chi connectivity index (χ1) is 6.83. The van der Waals surface area contributed by atoms with Crippen molar-refractivity contribution in [3.8, 4) is 11.5 Å². The van der Waals surface area contributed by atoms with E-state index in [1.807, 2.05) is 6.07 Å². The van der Waals surface area contributed by atoms with Crippen molar-refractivity contribution < 1.29 is 9.47 Å². The largest absolute Gasteiger partial charge is 0.493 e. The summed E-state index contributed by atoms with van der Waals surface area (Å²) in [6.45, 7) is 0. The topological polar surface area (TPSA) is 18.5 Å². The van der Waals surface area contributed by atoms with Crippen molar-refractivity contribution in [3.63, 3.8) is 0 Å². The summed E-state index contributed by atoms with van der Waals surface area (Å²) < 4.78 is 10.4. The van der Waals surface area contributed by atoms with Crippen LogP contribution in [-0.4, -0.2) is 14.2 Å². The van der Waals surface area contributed by atoms with Crippen LogP contribution in [0.4, 0.5) is 0 Å². The van der Waals surface area contributed by atoms with Gasteiger partial charge in [0.2, 0.25) is 0 Å². The van der Waals surface area contributed by atoms with Crippen LogP contribution >= 0.6 is 0 Å². The van der Waals surface area contributed by atoms with Gasteiger partial charge in [0, 0.05) is 0 Å². The van der Waals surface area contributed by atoms with Crippen molar-refractivity contribution in [2.75, 3.05) is 14.2 Å². The molecule has 2 heteroatoms. The van der Waals surface area contributed by atoms with Gasteiger partial charge in [0.05, 0.1) is 14.2 Å². The normalized spacial score (nSPS) is 15.3. The minimum Gasteiger partial charge on any atom is -0.493 e. The first-order valence-electron chi connectivity index (χ1n) is 5.04. The van der Waals surface area contributed by atoms with Gasteiger partial charge in [-0.15, -0.1) is 0 Å². The fourth-order valence-electron chi connectivity index (χ4n) is 1.66. The molecule has 76 valence electrons. The molecule has 0 aliphatic heterocycles. The Balaban J connectivity index is 2.16. The molecule has 0 radical (unpaired) electrons. The van der Waals surface area contributed by atoms with E-state index in [0.29, 0.717) is 0 Å². The van der Waals surface area contributed by atoms with Crippen LogP contribution in [0.25, 0.3) is 0 Å². The highest BCUT2D eigenvalue weighted by molar-refractivity contribution is 5.43. The van der Waals surface area contributed by atoms with Gasteiger partial charge in [-0.25, -0.2) is 0 Å². The highest BCUT2D eigenvalue weighted by Gasteiger charge is 2.21. The second-order valence-electron chi connectivity index (χ2n) is 3.84. The summed E-state index contributed by atoms with van der Waals surface area (Å²) in [4.78, 5) is 0. The third kappa shape index (κ3) is 2.00. The maximum atomic E-state index is 5.25. The summed E-state index contributed by atoms with van der Waals surface area (Å²) in [7, 11) is 3.34. The van der Waals surface area contributed by atoms with Gasteiger partial charge in [-0.2, -0.15) is 0 Å². The van der Waals surface area contributed by atoms with E-state index >= 15 is 0 Å². The highest BCUT2D eigenvalue weighted by atomic mass is 16.5. The van der Waals surface area contributed by atoms with Gasteiger partial charge < -0.3 is 9.47 Å². The summed E-state index contributed by atoms with van der Waals surface area (Å²) in [5, 5.41) is 0. The Morgan fingerprint density at radius 3 is 2.43 bits per heavy atom. The molecule has 0 bridgehead atoms. The third-order valence-corrected chi connectivity index (χ3v) is 2.67. The third-order valence-electron chi connectivity index (χ3n) is 2.67. The van der Waals surface area contributed by atoms with E-state index in [1.165, 1.54) is 24.8 Å². The second-order valence-corrected chi connectivity index (χ2v) is 3.84. The molecule has 1 aromatic carbocycles. The van der Waals surface area contributed by atoms with Gasteiger partial charge in [0.1, 0.15) is 0 Å². The molecule has 0 spiro atoms. The molecule has 2 rings (SSSR count). The number of rotatable bonds is 4. The van der Waals surface area contributed by atoms with Crippen LogP contribution in [0.15, 0.2) is 18.2 Å². The lowest BCUT2D eigenvalue weighted by atomic mass is 10.1. The molecule has 0 N–H and O–H groups in total. The minimum absolute atomic E-state index is 0.812. The molecular formula is C12H16O2. The zero-order chi connectivity index (χ0) is 9.97. The molecule has 0 saturated heterocycles. The van der Waals surface area contributed by atoms with Crippen molar-refractivity contribution in [1.29, 1.82) is 0 Å². The highest BCUT2D eigenvalue weighted by Crippen LogP contribution is 2.35. The molecule has 0 aromatic heterocycles. The summed E-state index contributed by atoms with van der Waals surface area (Å²) in [5.41, 5.74) is 1.35. The molecule has 0 atom stereocenters. The molecule has 2 nitrogen and oxygen atoms in total. The lowest BCUT2D eigenvalue weighted by Gasteiger charge is -2.08. The second kappa shape index (κ2) is 3.91. The lowest BCUT2D eigenvalue weighted by Crippen LogP contribution is -1.93. The monoisotopic (exact) mass is 192 g/mol. The van der Waals surface area contributed by atoms with Crippen LogP contribution in [0.1, 0.15) is 18.4 Å². The number of ether oxygens (including phenoxy) is 2. The zero-order valence-corrected chi connectivity index (χ0v) is 8.75. The molecule has 1 saturated carbocycles. The SMILES string of the molecule is COc1ccc(CC2CC2)cc1OC. The Morgan fingerprint density at radius 2 is 1.86 bits per heavy atom. The van der Waals surface area contributed by atoms with E-state index in [9.17, 15) is 0 Å². The average Bonchev–Trinajstić information content (AvgIpc) is 3.01. The van der Waals surface area contributed by atoms with E-state index in [1.54, 1.807) is 14.2 Å². The van der Waals surface area contributed by atoms with Gasteiger partial charge in [-0.3, -0.25) is 0 Å². The maximum Gasteiger partial charge on any atom is 0.160 e. The van der Waals surface area contributed by atoms with E-state index in [-0.39, 0.29) is 0 Å². The van der Waals surface area contributed by atoms with Crippen molar-refractivity contribution >= 4 is 0 Å². The molecule has 0 amide bonds. The van der Waals surface area contributed by atoms with Gasteiger partial charge in [-0.1, -0.05) is 6.07 Å². The van der Waals surface area contributed by atoms with Crippen LogP contribution < -0.4 is 9.47 Å². The fourth-order valence-corrected chi connectivity index (χ4v) is 1.66. The number of hydrogen-bond acceptors (Lipinski definition) is 2. The van der Waals surface area contributed by atoms with Crippen LogP contribution in [0.3, 0.4) is 0 Å². The fraction of sp³-hybridized carbons (Fsp3) is 0.500. The first kappa shape index (κ1) is 9.38. The van der Waals surface area contributed by atoms with E-state index < -0.39 is 0 Å². The summed E-state index contributed by atoms with van der Waals surface area (Å²) in [6.07, 6.45) is 3.95. The molecule has 1 aliphatic carbocycles. The summed E-state index contributed by atoms with van der Waals surface area (Å²) in [6, 6.07) is 6.19. The predicted octanol–water partition coefficient (Wildman–Crippen LogP) is 2.66. The average molecular weight is 192 g/mol. The van der Waals surface area contributed by atoms with Gasteiger partial charge in [-0.05, 0) is 42.9 Å². The van der Waals surface area contributed by atoms with Crippen LogP contribution in [0, 0.1) is 5.92 Å². The molecule has 14 heavy (non-hydrogen) atoms. The summed E-state index contributed by atoms with van der Waals surface area (Å²) in [5.74, 6) is 2.56. The molecule has 1 aromatic rings. The Kier molecular flexibility index (Phi) is 2.62. The Bertz CT molecular complexity index is 316. The number of hydrogen-bond donors (Lipinski definition) is 0. The van der Waals surface area contributed by atoms with Crippen molar-refractivity contribution in [2.24, 2.45) is 5.92 Å². The molecule has 0 heterocycles. The minimum atomic E-state index is 0.812. The van der Waals surface area contributed by atoms with E-state index in [2.05, 4.69) is 12.1 Å². The Morgan fingerprint density at radius 1 is 1.14 bits per heavy atom. The molecule has 1 aliphatic rings. The van der Waals surface area contributed by atoms with Gasteiger partial charge in [0.25, 0.3) is 0 Å². The predicted molar refractivity (Wildman–Crippen MR) is 56.0 cm³/mol. The zero-order valence-electron chi connectivity index (χ0n) is 8.75. The Labute approximate surface area is 84.8 Å². The van der Waals surface area contributed by atoms with Crippen LogP contribution in [-0.2, 0) is 6.42 Å². The van der Waals surface area contributed by atoms with Crippen molar-refractivity contribution in [1.82, 2.24) is 0 Å². The summed E-state index contributed by atoms with van der Waals surface area (Å²) >= 11 is 0. The van der Waals surface area contributed by atoms with Gasteiger partial charge in [0.15, 0.2) is 11.5 Å². The standard InChI is InChI=1S/C12H16O2/c1-13-11-6-5-10(7-9-3-4-9)8-12(11)14-2/h5-6,8-9H,3-4,7H2,1-2H3. The van der Waals surface area contributed by atoms with E-state index in [0.717, 1.165) is 17.4 Å². The number of methoxy groups -OCH3 is 2. The maximum absolute atomic E-state index is 5.25. The molecule has 0 unspecified atom stereocenters. The van der Waals surface area contributed by atoms with Crippen LogP contribution in [0.2, 0.25) is 0 Å². The number of benzene rings is 1. The van der Waals surface area contributed by atoms with Crippen LogP contribution in [0.5, 0.6) is 11.5 Å². The smallest absolute Gasteiger partial charge is 0.160 e. The quantitative estimate of drug-likeness (QED) is 0.730. The van der Waals surface area contributed by atoms with Crippen molar-refractivity contribution in [2.45, 2.75) is 19.3 Å². The Hall–Kier alpha value is -1.18.